The van der Waals surface area contributed by atoms with Crippen molar-refractivity contribution in [1.29, 1.82) is 0 Å². The summed E-state index contributed by atoms with van der Waals surface area (Å²) in [6.45, 7) is 0. The maximum absolute atomic E-state index is 12.0. The van der Waals surface area contributed by atoms with Crippen LogP contribution >= 0.6 is 11.6 Å². The lowest BCUT2D eigenvalue weighted by molar-refractivity contribution is 0.122. The normalized spacial score (nSPS) is 21.2. The Morgan fingerprint density at radius 3 is 2.36 bits per heavy atom. The van der Waals surface area contributed by atoms with Crippen LogP contribution in [-0.4, -0.2) is 29.6 Å². The van der Waals surface area contributed by atoms with Gasteiger partial charge in [0.2, 0.25) is 10.0 Å². The number of anilines is 1. The number of primary sulfonamides is 1. The van der Waals surface area contributed by atoms with Gasteiger partial charge in [0.15, 0.2) is 0 Å². The number of aliphatic hydroxyl groups is 1. The summed E-state index contributed by atoms with van der Waals surface area (Å²) >= 11 is 6.37. The molecule has 0 unspecified atom stereocenters. The van der Waals surface area contributed by atoms with Crippen molar-refractivity contribution >= 4 is 27.4 Å². The van der Waals surface area contributed by atoms with Crippen molar-refractivity contribution < 1.29 is 13.5 Å². The third-order valence-corrected chi connectivity index (χ3v) is 5.95. The summed E-state index contributed by atoms with van der Waals surface area (Å²) in [5, 5.41) is 15.2. The minimum Gasteiger partial charge on any atom is -0.393 e. The molecule has 0 saturated heterocycles. The molecule has 1 saturated carbocycles. The van der Waals surface area contributed by atoms with E-state index < -0.39 is 10.0 Å². The first-order valence-corrected chi connectivity index (χ1v) is 9.80. The van der Waals surface area contributed by atoms with Crippen LogP contribution in [0, 0.1) is 0 Å². The molecule has 0 atom stereocenters. The molecule has 0 spiro atoms. The number of aromatic nitrogens is 2. The zero-order chi connectivity index (χ0) is 18.2. The molecule has 3 rings (SSSR count). The van der Waals surface area contributed by atoms with Gasteiger partial charge in [-0.05, 0) is 49.3 Å². The Bertz CT molecular complexity index is 879. The first-order chi connectivity index (χ1) is 11.8. The Hall–Kier alpha value is -1.74. The van der Waals surface area contributed by atoms with Crippen LogP contribution < -0.4 is 10.9 Å². The van der Waals surface area contributed by atoms with Crippen molar-refractivity contribution in [3.05, 3.63) is 35.1 Å². The predicted octanol–water partition coefficient (Wildman–Crippen LogP) is 2.05. The second-order valence-electron chi connectivity index (χ2n) is 6.25. The van der Waals surface area contributed by atoms with Crippen LogP contribution in [0.1, 0.15) is 37.2 Å². The first kappa shape index (κ1) is 18.1. The number of nitrogen functional groups attached to an aromatic ring is 1. The number of halogens is 1. The Kier molecular flexibility index (Phi) is 4.97. The molecule has 0 aliphatic heterocycles. The molecule has 1 heterocycles. The van der Waals surface area contributed by atoms with E-state index in [0.29, 0.717) is 29.7 Å². The SMILES string of the molecule is Nc1cnc(-c2cc(C3CCC(O)CC3)c(Cl)c(S(N)(=O)=O)c2)cn1. The fourth-order valence-corrected chi connectivity index (χ4v) is 4.39. The molecular weight excluding hydrogens is 364 g/mol. The summed E-state index contributed by atoms with van der Waals surface area (Å²) in [5.74, 6) is 0.323. The maximum atomic E-state index is 12.0. The third-order valence-electron chi connectivity index (χ3n) is 4.48. The summed E-state index contributed by atoms with van der Waals surface area (Å²) in [4.78, 5) is 8.05. The molecule has 5 N–H and O–H groups in total. The van der Waals surface area contributed by atoms with Crippen molar-refractivity contribution in [2.45, 2.75) is 42.6 Å². The Balaban J connectivity index is 2.13. The third kappa shape index (κ3) is 3.92. The van der Waals surface area contributed by atoms with E-state index in [9.17, 15) is 13.5 Å². The van der Waals surface area contributed by atoms with E-state index in [4.69, 9.17) is 22.5 Å². The van der Waals surface area contributed by atoms with E-state index in [2.05, 4.69) is 9.97 Å². The predicted molar refractivity (Wildman–Crippen MR) is 95.5 cm³/mol. The maximum Gasteiger partial charge on any atom is 0.239 e. The average molecular weight is 383 g/mol. The summed E-state index contributed by atoms with van der Waals surface area (Å²) < 4.78 is 24.0. The molecule has 0 amide bonds. The molecule has 1 fully saturated rings. The van der Waals surface area contributed by atoms with Crippen LogP contribution in [0.4, 0.5) is 5.82 Å². The van der Waals surface area contributed by atoms with Crippen molar-refractivity contribution in [1.82, 2.24) is 9.97 Å². The quantitative estimate of drug-likeness (QED) is 0.744. The minimum atomic E-state index is -4.00. The highest BCUT2D eigenvalue weighted by Crippen LogP contribution is 2.40. The number of hydrogen-bond donors (Lipinski definition) is 3. The number of aliphatic hydroxyl groups excluding tert-OH is 1. The van der Waals surface area contributed by atoms with Gasteiger partial charge in [0.05, 0.1) is 29.2 Å². The number of hydrogen-bond acceptors (Lipinski definition) is 6. The van der Waals surface area contributed by atoms with Gasteiger partial charge < -0.3 is 10.8 Å². The number of rotatable bonds is 3. The average Bonchev–Trinajstić information content (AvgIpc) is 2.56. The molecule has 134 valence electrons. The molecule has 7 nitrogen and oxygen atoms in total. The fourth-order valence-electron chi connectivity index (χ4n) is 3.15. The number of benzene rings is 1. The van der Waals surface area contributed by atoms with E-state index in [1.807, 2.05) is 6.07 Å². The van der Waals surface area contributed by atoms with Gasteiger partial charge in [-0.2, -0.15) is 0 Å². The molecular formula is C16H19ClN4O3S. The van der Waals surface area contributed by atoms with Gasteiger partial charge >= 0.3 is 0 Å². The van der Waals surface area contributed by atoms with Crippen LogP contribution in [-0.2, 0) is 10.0 Å². The highest BCUT2D eigenvalue weighted by atomic mass is 35.5. The van der Waals surface area contributed by atoms with Crippen molar-refractivity contribution in [3.63, 3.8) is 0 Å². The molecule has 1 aromatic carbocycles. The van der Waals surface area contributed by atoms with Gasteiger partial charge in [0.25, 0.3) is 0 Å². The molecule has 2 aromatic rings. The van der Waals surface area contributed by atoms with Crippen LogP contribution in [0.3, 0.4) is 0 Å². The van der Waals surface area contributed by atoms with Crippen molar-refractivity contribution in [3.8, 4) is 11.3 Å². The van der Waals surface area contributed by atoms with E-state index in [1.54, 1.807) is 0 Å². The largest absolute Gasteiger partial charge is 0.393 e. The standard InChI is InChI=1S/C16H19ClN4O3S/c17-16-12(9-1-3-11(22)4-2-9)5-10(6-14(16)25(19,23)24)13-7-21-15(18)8-20-13/h5-9,11,22H,1-4H2,(H2,18,21)(H2,19,23,24). The summed E-state index contributed by atoms with van der Waals surface area (Å²) in [6.07, 6.45) is 5.30. The van der Waals surface area contributed by atoms with Gasteiger partial charge in [0.1, 0.15) is 10.7 Å². The zero-order valence-corrected chi connectivity index (χ0v) is 15.0. The molecule has 1 aliphatic rings. The highest BCUT2D eigenvalue weighted by Gasteiger charge is 2.27. The Morgan fingerprint density at radius 2 is 1.80 bits per heavy atom. The first-order valence-electron chi connectivity index (χ1n) is 7.88. The number of sulfonamides is 1. The Morgan fingerprint density at radius 1 is 1.12 bits per heavy atom. The lowest BCUT2D eigenvalue weighted by atomic mass is 9.82. The van der Waals surface area contributed by atoms with Gasteiger partial charge in [-0.15, -0.1) is 0 Å². The molecule has 0 radical (unpaired) electrons. The van der Waals surface area contributed by atoms with Gasteiger partial charge in [0, 0.05) is 5.56 Å². The molecule has 0 bridgehead atoms. The lowest BCUT2D eigenvalue weighted by Gasteiger charge is -2.27. The lowest BCUT2D eigenvalue weighted by Crippen LogP contribution is -2.19. The van der Waals surface area contributed by atoms with Crippen molar-refractivity contribution in [2.75, 3.05) is 5.73 Å². The van der Waals surface area contributed by atoms with Gasteiger partial charge in [-0.1, -0.05) is 11.6 Å². The molecule has 1 aliphatic carbocycles. The molecule has 9 heteroatoms. The summed E-state index contributed by atoms with van der Waals surface area (Å²) in [5.41, 5.74) is 7.29. The highest BCUT2D eigenvalue weighted by molar-refractivity contribution is 7.89. The molecule has 25 heavy (non-hydrogen) atoms. The summed E-state index contributed by atoms with van der Waals surface area (Å²) in [7, 11) is -4.00. The fraction of sp³-hybridized carbons (Fsp3) is 0.375. The van der Waals surface area contributed by atoms with Crippen LogP contribution in [0.2, 0.25) is 5.02 Å². The van der Waals surface area contributed by atoms with Crippen LogP contribution in [0.5, 0.6) is 0 Å². The topological polar surface area (TPSA) is 132 Å². The monoisotopic (exact) mass is 382 g/mol. The van der Waals surface area contributed by atoms with E-state index in [-0.39, 0.29) is 27.8 Å². The van der Waals surface area contributed by atoms with E-state index >= 15 is 0 Å². The second-order valence-corrected chi connectivity index (χ2v) is 8.16. The number of nitrogens with zero attached hydrogens (tertiary/aromatic N) is 2. The summed E-state index contributed by atoms with van der Waals surface area (Å²) in [6, 6.07) is 3.22. The Labute approximate surface area is 151 Å². The van der Waals surface area contributed by atoms with Crippen molar-refractivity contribution in [2.24, 2.45) is 5.14 Å². The van der Waals surface area contributed by atoms with E-state index in [1.165, 1.54) is 18.5 Å². The number of nitrogens with two attached hydrogens (primary N) is 2. The smallest absolute Gasteiger partial charge is 0.239 e. The van der Waals surface area contributed by atoms with Crippen LogP contribution in [0.15, 0.2) is 29.4 Å². The molecule has 1 aromatic heterocycles. The van der Waals surface area contributed by atoms with Gasteiger partial charge in [-0.3, -0.25) is 4.98 Å². The second kappa shape index (κ2) is 6.87. The minimum absolute atomic E-state index is 0.0538. The zero-order valence-electron chi connectivity index (χ0n) is 13.4. The van der Waals surface area contributed by atoms with E-state index in [0.717, 1.165) is 12.8 Å². The van der Waals surface area contributed by atoms with Gasteiger partial charge in [-0.25, -0.2) is 18.5 Å². The van der Waals surface area contributed by atoms with Crippen LogP contribution in [0.25, 0.3) is 11.3 Å².